The first kappa shape index (κ1) is 16.7. The zero-order valence-corrected chi connectivity index (χ0v) is 13.4. The molecular weight excluding hydrogens is 296 g/mol. The van der Waals surface area contributed by atoms with Crippen LogP contribution in [-0.4, -0.2) is 39.0 Å². The number of amides is 1. The minimum Gasteiger partial charge on any atom is -0.481 e. The molecule has 0 aliphatic rings. The quantitative estimate of drug-likeness (QED) is 0.913. The van der Waals surface area contributed by atoms with Crippen LogP contribution in [0.3, 0.4) is 0 Å². The normalized spacial score (nSPS) is 11.0. The summed E-state index contributed by atoms with van der Waals surface area (Å²) in [5.41, 5.74) is 0.710. The molecule has 0 saturated heterocycles. The van der Waals surface area contributed by atoms with E-state index in [0.717, 1.165) is 0 Å². The molecule has 23 heavy (non-hydrogen) atoms. The Balaban J connectivity index is 2.53. The first-order chi connectivity index (χ1) is 10.8. The SMILES string of the molecule is CC(C)N(CCC(=O)O)C(=O)c1cc(=O)n(C)c2ccccc12. The number of aromatic nitrogens is 1. The molecule has 1 heterocycles. The van der Waals surface area contributed by atoms with Crippen LogP contribution >= 0.6 is 0 Å². The fourth-order valence-corrected chi connectivity index (χ4v) is 2.55. The first-order valence-corrected chi connectivity index (χ1v) is 7.44. The summed E-state index contributed by atoms with van der Waals surface area (Å²) >= 11 is 0. The minimum absolute atomic E-state index is 0.107. The van der Waals surface area contributed by atoms with E-state index in [4.69, 9.17) is 5.11 Å². The summed E-state index contributed by atoms with van der Waals surface area (Å²) in [6.45, 7) is 3.75. The molecule has 1 amide bonds. The van der Waals surface area contributed by atoms with Crippen LogP contribution in [-0.2, 0) is 11.8 Å². The fourth-order valence-electron chi connectivity index (χ4n) is 2.55. The van der Waals surface area contributed by atoms with Crippen LogP contribution in [0.15, 0.2) is 35.1 Å². The molecule has 0 bridgehead atoms. The van der Waals surface area contributed by atoms with E-state index in [-0.39, 0.29) is 30.5 Å². The molecule has 0 atom stereocenters. The van der Waals surface area contributed by atoms with Gasteiger partial charge in [-0.1, -0.05) is 18.2 Å². The van der Waals surface area contributed by atoms with E-state index in [9.17, 15) is 14.4 Å². The lowest BCUT2D eigenvalue weighted by molar-refractivity contribution is -0.137. The lowest BCUT2D eigenvalue weighted by Gasteiger charge is -2.27. The van der Waals surface area contributed by atoms with Gasteiger partial charge < -0.3 is 14.6 Å². The van der Waals surface area contributed by atoms with Gasteiger partial charge in [0.25, 0.3) is 11.5 Å². The van der Waals surface area contributed by atoms with Gasteiger partial charge in [-0.05, 0) is 19.9 Å². The van der Waals surface area contributed by atoms with Gasteiger partial charge in [0.1, 0.15) is 0 Å². The molecule has 6 nitrogen and oxygen atoms in total. The number of aliphatic carboxylic acids is 1. The first-order valence-electron chi connectivity index (χ1n) is 7.44. The molecule has 1 aromatic carbocycles. The molecule has 2 aromatic rings. The van der Waals surface area contributed by atoms with Crippen LogP contribution in [0.2, 0.25) is 0 Å². The molecule has 0 aliphatic heterocycles. The van der Waals surface area contributed by atoms with E-state index in [1.165, 1.54) is 15.5 Å². The van der Waals surface area contributed by atoms with Gasteiger partial charge in [0.05, 0.1) is 17.5 Å². The third-order valence-corrected chi connectivity index (χ3v) is 3.84. The van der Waals surface area contributed by atoms with Gasteiger partial charge in [0.2, 0.25) is 0 Å². The number of carbonyl (C=O) groups is 2. The summed E-state index contributed by atoms with van der Waals surface area (Å²) in [6, 6.07) is 8.34. The number of benzene rings is 1. The molecule has 0 fully saturated rings. The molecule has 0 unspecified atom stereocenters. The maximum atomic E-state index is 12.9. The molecule has 6 heteroatoms. The number of nitrogens with zero attached hydrogens (tertiary/aromatic N) is 2. The highest BCUT2D eigenvalue weighted by Gasteiger charge is 2.22. The third kappa shape index (κ3) is 3.41. The van der Waals surface area contributed by atoms with Gasteiger partial charge in [-0.2, -0.15) is 0 Å². The third-order valence-electron chi connectivity index (χ3n) is 3.84. The molecule has 1 aromatic heterocycles. The number of hydrogen-bond acceptors (Lipinski definition) is 3. The molecule has 2 rings (SSSR count). The van der Waals surface area contributed by atoms with Crippen molar-refractivity contribution in [1.29, 1.82) is 0 Å². The van der Waals surface area contributed by atoms with E-state index in [1.807, 2.05) is 13.8 Å². The minimum atomic E-state index is -0.961. The average Bonchev–Trinajstić information content (AvgIpc) is 2.50. The largest absolute Gasteiger partial charge is 0.481 e. The Morgan fingerprint density at radius 1 is 1.26 bits per heavy atom. The van der Waals surface area contributed by atoms with Crippen molar-refractivity contribution in [3.8, 4) is 0 Å². The number of carboxylic acid groups (broad SMARTS) is 1. The van der Waals surface area contributed by atoms with Gasteiger partial charge in [0, 0.05) is 31.1 Å². The standard InChI is InChI=1S/C17H20N2O4/c1-11(2)19(9-8-16(21)22)17(23)13-10-15(20)18(3)14-7-5-4-6-12(13)14/h4-7,10-11H,8-9H2,1-3H3,(H,21,22). The Hall–Kier alpha value is -2.63. The predicted molar refractivity (Wildman–Crippen MR) is 87.6 cm³/mol. The van der Waals surface area contributed by atoms with Gasteiger partial charge in [-0.3, -0.25) is 14.4 Å². The summed E-state index contributed by atoms with van der Waals surface area (Å²) in [4.78, 5) is 37.3. The van der Waals surface area contributed by atoms with Gasteiger partial charge >= 0.3 is 5.97 Å². The Kier molecular flexibility index (Phi) is 4.83. The monoisotopic (exact) mass is 316 g/mol. The number of aryl methyl sites for hydroxylation is 1. The average molecular weight is 316 g/mol. The number of carbonyl (C=O) groups excluding carboxylic acids is 1. The van der Waals surface area contributed by atoms with Crippen LogP contribution < -0.4 is 5.56 Å². The number of para-hydroxylation sites is 1. The van der Waals surface area contributed by atoms with Crippen molar-refractivity contribution in [2.75, 3.05) is 6.54 Å². The van der Waals surface area contributed by atoms with Gasteiger partial charge in [0.15, 0.2) is 0 Å². The topological polar surface area (TPSA) is 79.6 Å². The van der Waals surface area contributed by atoms with Crippen LogP contribution in [0.25, 0.3) is 10.9 Å². The highest BCUT2D eigenvalue weighted by atomic mass is 16.4. The lowest BCUT2D eigenvalue weighted by Crippen LogP contribution is -2.39. The predicted octanol–water partition coefficient (Wildman–Crippen LogP) is 1.86. The summed E-state index contributed by atoms with van der Waals surface area (Å²) in [6.07, 6.45) is -0.132. The van der Waals surface area contributed by atoms with Crippen molar-refractivity contribution in [3.63, 3.8) is 0 Å². The van der Waals surface area contributed by atoms with Crippen LogP contribution in [0, 0.1) is 0 Å². The van der Waals surface area contributed by atoms with E-state index < -0.39 is 5.97 Å². The van der Waals surface area contributed by atoms with Crippen molar-refractivity contribution in [2.24, 2.45) is 7.05 Å². The van der Waals surface area contributed by atoms with E-state index in [1.54, 1.807) is 31.3 Å². The Morgan fingerprint density at radius 2 is 1.91 bits per heavy atom. The van der Waals surface area contributed by atoms with Crippen LogP contribution in [0.4, 0.5) is 0 Å². The molecule has 122 valence electrons. The molecule has 0 saturated carbocycles. The molecular formula is C17H20N2O4. The number of fused-ring (bicyclic) bond motifs is 1. The fraction of sp³-hybridized carbons (Fsp3) is 0.353. The van der Waals surface area contributed by atoms with Crippen molar-refractivity contribution in [1.82, 2.24) is 9.47 Å². The lowest BCUT2D eigenvalue weighted by atomic mass is 10.1. The van der Waals surface area contributed by atoms with Crippen molar-refractivity contribution in [2.45, 2.75) is 26.3 Å². The maximum absolute atomic E-state index is 12.9. The second kappa shape index (κ2) is 6.64. The molecule has 1 N–H and O–H groups in total. The van der Waals surface area contributed by atoms with E-state index in [0.29, 0.717) is 16.5 Å². The summed E-state index contributed by atoms with van der Waals surface area (Å²) < 4.78 is 1.49. The summed E-state index contributed by atoms with van der Waals surface area (Å²) in [5.74, 6) is -1.28. The number of pyridine rings is 1. The van der Waals surface area contributed by atoms with E-state index in [2.05, 4.69) is 0 Å². The van der Waals surface area contributed by atoms with Crippen LogP contribution in [0.1, 0.15) is 30.6 Å². The molecule has 0 spiro atoms. The molecule has 0 radical (unpaired) electrons. The zero-order chi connectivity index (χ0) is 17.1. The van der Waals surface area contributed by atoms with Gasteiger partial charge in [-0.15, -0.1) is 0 Å². The van der Waals surface area contributed by atoms with E-state index >= 15 is 0 Å². The Bertz CT molecular complexity index is 808. The second-order valence-electron chi connectivity index (χ2n) is 5.71. The number of carboxylic acids is 1. The molecule has 0 aliphatic carbocycles. The maximum Gasteiger partial charge on any atom is 0.305 e. The summed E-state index contributed by atoms with van der Waals surface area (Å²) in [7, 11) is 1.66. The van der Waals surface area contributed by atoms with Crippen LogP contribution in [0.5, 0.6) is 0 Å². The number of hydrogen-bond donors (Lipinski definition) is 1. The second-order valence-corrected chi connectivity index (χ2v) is 5.71. The Morgan fingerprint density at radius 3 is 2.52 bits per heavy atom. The number of rotatable bonds is 5. The van der Waals surface area contributed by atoms with Crippen molar-refractivity contribution < 1.29 is 14.7 Å². The zero-order valence-electron chi connectivity index (χ0n) is 13.4. The smallest absolute Gasteiger partial charge is 0.305 e. The summed E-state index contributed by atoms with van der Waals surface area (Å²) in [5, 5.41) is 9.54. The van der Waals surface area contributed by atoms with Crippen molar-refractivity contribution in [3.05, 3.63) is 46.2 Å². The Labute approximate surface area is 134 Å². The highest BCUT2D eigenvalue weighted by molar-refractivity contribution is 6.06. The van der Waals surface area contributed by atoms with Gasteiger partial charge in [-0.25, -0.2) is 0 Å². The van der Waals surface area contributed by atoms with Crippen molar-refractivity contribution >= 4 is 22.8 Å². The highest BCUT2D eigenvalue weighted by Crippen LogP contribution is 2.19.